The Kier molecular flexibility index (Phi) is 3.39. The zero-order valence-corrected chi connectivity index (χ0v) is 11.1. The molecule has 21 heavy (non-hydrogen) atoms. The average Bonchev–Trinajstić information content (AvgIpc) is 2.55. The molecule has 0 atom stereocenters. The molecule has 0 aliphatic carbocycles. The van der Waals surface area contributed by atoms with Crippen molar-refractivity contribution in [2.45, 2.75) is 0 Å². The molecule has 0 aliphatic rings. The topological polar surface area (TPSA) is 80.7 Å². The van der Waals surface area contributed by atoms with Gasteiger partial charge in [-0.1, -0.05) is 29.4 Å². The van der Waals surface area contributed by atoms with Gasteiger partial charge in [-0.05, 0) is 29.7 Å². The zero-order valence-electron chi connectivity index (χ0n) is 11.1. The molecule has 3 rings (SSSR count). The molecule has 3 aromatic rings. The molecule has 0 spiro atoms. The first kappa shape index (κ1) is 12.9. The summed E-state index contributed by atoms with van der Waals surface area (Å²) >= 11 is 0. The lowest BCUT2D eigenvalue weighted by Gasteiger charge is -2.11. The third-order valence-electron chi connectivity index (χ3n) is 3.13. The first-order chi connectivity index (χ1) is 10.3. The molecule has 0 radical (unpaired) electrons. The van der Waals surface area contributed by atoms with Crippen molar-refractivity contribution >= 4 is 16.6 Å². The second-order valence-electron chi connectivity index (χ2n) is 4.43. The van der Waals surface area contributed by atoms with Gasteiger partial charge in [-0.2, -0.15) is 0 Å². The van der Waals surface area contributed by atoms with Gasteiger partial charge < -0.3 is 15.7 Å². The summed E-state index contributed by atoms with van der Waals surface area (Å²) in [6.45, 7) is 0. The number of nitrogens with zero attached hydrogens (tertiary/aromatic N) is 2. The third kappa shape index (κ3) is 2.49. The SMILES string of the molecule is N/C(=N/O)c1ccc(Oc2cccnc2)c2ccccc12. The fourth-order valence-corrected chi connectivity index (χ4v) is 2.17. The second kappa shape index (κ2) is 5.50. The van der Waals surface area contributed by atoms with Crippen LogP contribution in [0.3, 0.4) is 0 Å². The average molecular weight is 279 g/mol. The van der Waals surface area contributed by atoms with Gasteiger partial charge in [0.25, 0.3) is 0 Å². The van der Waals surface area contributed by atoms with Crippen molar-refractivity contribution in [3.8, 4) is 11.5 Å². The molecular weight excluding hydrogens is 266 g/mol. The second-order valence-corrected chi connectivity index (χ2v) is 4.43. The number of pyridine rings is 1. The normalized spacial score (nSPS) is 11.5. The summed E-state index contributed by atoms with van der Waals surface area (Å²) in [5.41, 5.74) is 6.37. The Labute approximate surface area is 121 Å². The van der Waals surface area contributed by atoms with Gasteiger partial charge in [0.2, 0.25) is 0 Å². The number of hydrogen-bond donors (Lipinski definition) is 2. The van der Waals surface area contributed by atoms with E-state index in [1.807, 2.05) is 36.4 Å². The monoisotopic (exact) mass is 279 g/mol. The molecular formula is C16H13N3O2. The summed E-state index contributed by atoms with van der Waals surface area (Å²) in [6.07, 6.45) is 3.33. The highest BCUT2D eigenvalue weighted by Gasteiger charge is 2.10. The van der Waals surface area contributed by atoms with E-state index in [1.54, 1.807) is 24.5 Å². The first-order valence-corrected chi connectivity index (χ1v) is 6.37. The van der Waals surface area contributed by atoms with Crippen LogP contribution in [0, 0.1) is 0 Å². The Balaban J connectivity index is 2.13. The summed E-state index contributed by atoms with van der Waals surface area (Å²) in [6, 6.07) is 14.8. The van der Waals surface area contributed by atoms with Crippen LogP contribution in [0.4, 0.5) is 0 Å². The van der Waals surface area contributed by atoms with Crippen LogP contribution in [-0.4, -0.2) is 16.0 Å². The van der Waals surface area contributed by atoms with Crippen LogP contribution in [-0.2, 0) is 0 Å². The lowest BCUT2D eigenvalue weighted by Crippen LogP contribution is -2.13. The van der Waals surface area contributed by atoms with Crippen molar-refractivity contribution in [2.24, 2.45) is 10.9 Å². The van der Waals surface area contributed by atoms with E-state index >= 15 is 0 Å². The maximum absolute atomic E-state index is 8.88. The van der Waals surface area contributed by atoms with Crippen molar-refractivity contribution < 1.29 is 9.94 Å². The zero-order chi connectivity index (χ0) is 14.7. The number of benzene rings is 2. The molecule has 0 bridgehead atoms. The number of hydrogen-bond acceptors (Lipinski definition) is 4. The quantitative estimate of drug-likeness (QED) is 0.334. The molecule has 0 fully saturated rings. The number of ether oxygens (including phenoxy) is 1. The Morgan fingerprint density at radius 2 is 1.86 bits per heavy atom. The van der Waals surface area contributed by atoms with Crippen LogP contribution in [0.25, 0.3) is 10.8 Å². The Morgan fingerprint density at radius 1 is 1.05 bits per heavy atom. The minimum Gasteiger partial charge on any atom is -0.455 e. The highest BCUT2D eigenvalue weighted by Crippen LogP contribution is 2.31. The molecule has 0 saturated carbocycles. The lowest BCUT2D eigenvalue weighted by molar-refractivity contribution is 0.318. The van der Waals surface area contributed by atoms with Crippen molar-refractivity contribution in [2.75, 3.05) is 0 Å². The van der Waals surface area contributed by atoms with Crippen LogP contribution >= 0.6 is 0 Å². The highest BCUT2D eigenvalue weighted by molar-refractivity contribution is 6.10. The fourth-order valence-electron chi connectivity index (χ4n) is 2.17. The maximum atomic E-state index is 8.88. The van der Waals surface area contributed by atoms with Gasteiger partial charge in [-0.3, -0.25) is 4.98 Å². The Morgan fingerprint density at radius 3 is 2.57 bits per heavy atom. The Hall–Kier alpha value is -3.08. The van der Waals surface area contributed by atoms with Gasteiger partial charge in [0, 0.05) is 17.1 Å². The number of nitrogens with two attached hydrogens (primary N) is 1. The molecule has 3 N–H and O–H groups in total. The third-order valence-corrected chi connectivity index (χ3v) is 3.13. The molecule has 5 nitrogen and oxygen atoms in total. The highest BCUT2D eigenvalue weighted by atomic mass is 16.5. The summed E-state index contributed by atoms with van der Waals surface area (Å²) in [7, 11) is 0. The van der Waals surface area contributed by atoms with E-state index in [9.17, 15) is 0 Å². The molecule has 5 heteroatoms. The maximum Gasteiger partial charge on any atom is 0.170 e. The number of aromatic nitrogens is 1. The largest absolute Gasteiger partial charge is 0.455 e. The standard InChI is InChI=1S/C16H13N3O2/c17-16(19-20)14-7-8-15(13-6-2-1-5-12(13)14)21-11-4-3-9-18-10-11/h1-10,20H,(H2,17,19). The molecule has 104 valence electrons. The number of oxime groups is 1. The molecule has 0 unspecified atom stereocenters. The minimum absolute atomic E-state index is 0.0686. The molecule has 0 saturated heterocycles. The van der Waals surface area contributed by atoms with Gasteiger partial charge in [-0.15, -0.1) is 0 Å². The van der Waals surface area contributed by atoms with E-state index in [2.05, 4.69) is 10.1 Å². The van der Waals surface area contributed by atoms with Gasteiger partial charge in [0.15, 0.2) is 5.84 Å². The van der Waals surface area contributed by atoms with Gasteiger partial charge in [0.05, 0.1) is 6.20 Å². The van der Waals surface area contributed by atoms with Gasteiger partial charge in [-0.25, -0.2) is 0 Å². The fraction of sp³-hybridized carbons (Fsp3) is 0. The summed E-state index contributed by atoms with van der Waals surface area (Å²) in [4.78, 5) is 4.02. The van der Waals surface area contributed by atoms with Crippen molar-refractivity contribution in [1.29, 1.82) is 0 Å². The summed E-state index contributed by atoms with van der Waals surface area (Å²) < 4.78 is 5.85. The van der Waals surface area contributed by atoms with E-state index in [1.165, 1.54) is 0 Å². The van der Waals surface area contributed by atoms with E-state index in [4.69, 9.17) is 15.7 Å². The van der Waals surface area contributed by atoms with Gasteiger partial charge in [0.1, 0.15) is 11.5 Å². The smallest absolute Gasteiger partial charge is 0.170 e. The van der Waals surface area contributed by atoms with E-state index in [0.717, 1.165) is 10.8 Å². The lowest BCUT2D eigenvalue weighted by atomic mass is 10.0. The van der Waals surface area contributed by atoms with Crippen molar-refractivity contribution in [3.63, 3.8) is 0 Å². The minimum atomic E-state index is 0.0686. The molecule has 1 aromatic heterocycles. The number of rotatable bonds is 3. The molecule has 2 aromatic carbocycles. The van der Waals surface area contributed by atoms with E-state index < -0.39 is 0 Å². The summed E-state index contributed by atoms with van der Waals surface area (Å²) in [5.74, 6) is 1.41. The number of amidine groups is 1. The predicted octanol–water partition coefficient (Wildman–Crippen LogP) is 3.12. The first-order valence-electron chi connectivity index (χ1n) is 6.37. The van der Waals surface area contributed by atoms with Crippen LogP contribution in [0.5, 0.6) is 11.5 Å². The van der Waals surface area contributed by atoms with Crippen molar-refractivity contribution in [3.05, 3.63) is 66.5 Å². The summed E-state index contributed by atoms with van der Waals surface area (Å²) in [5, 5.41) is 13.7. The van der Waals surface area contributed by atoms with Crippen LogP contribution in [0.2, 0.25) is 0 Å². The van der Waals surface area contributed by atoms with Crippen molar-refractivity contribution in [1.82, 2.24) is 4.98 Å². The molecule has 0 amide bonds. The Bertz CT molecular complexity index is 801. The molecule has 1 heterocycles. The molecule has 0 aliphatic heterocycles. The van der Waals surface area contributed by atoms with E-state index in [-0.39, 0.29) is 5.84 Å². The van der Waals surface area contributed by atoms with Crippen LogP contribution in [0.1, 0.15) is 5.56 Å². The number of fused-ring (bicyclic) bond motifs is 1. The van der Waals surface area contributed by atoms with E-state index in [0.29, 0.717) is 17.1 Å². The predicted molar refractivity (Wildman–Crippen MR) is 80.8 cm³/mol. The van der Waals surface area contributed by atoms with Crippen LogP contribution < -0.4 is 10.5 Å². The van der Waals surface area contributed by atoms with Crippen LogP contribution in [0.15, 0.2) is 66.1 Å². The van der Waals surface area contributed by atoms with Gasteiger partial charge >= 0.3 is 0 Å².